The minimum atomic E-state index is -0.234. The van der Waals surface area contributed by atoms with Gasteiger partial charge in [-0.1, -0.05) is 23.7 Å². The third kappa shape index (κ3) is 3.77. The van der Waals surface area contributed by atoms with Crippen LogP contribution in [0, 0.1) is 0 Å². The molecule has 0 atom stereocenters. The highest BCUT2D eigenvalue weighted by Gasteiger charge is 2.41. The number of benzene rings is 1. The van der Waals surface area contributed by atoms with E-state index in [9.17, 15) is 9.59 Å². The van der Waals surface area contributed by atoms with E-state index >= 15 is 0 Å². The van der Waals surface area contributed by atoms with E-state index in [1.165, 1.54) is 4.90 Å². The molecule has 0 spiro atoms. The Morgan fingerprint density at radius 2 is 1.69 bits per heavy atom. The van der Waals surface area contributed by atoms with E-state index in [4.69, 9.17) is 16.3 Å². The normalized spacial score (nSPS) is 19.0. The summed E-state index contributed by atoms with van der Waals surface area (Å²) in [5.41, 5.74) is 1.73. The van der Waals surface area contributed by atoms with Gasteiger partial charge < -0.3 is 14.5 Å². The van der Waals surface area contributed by atoms with Crippen molar-refractivity contribution in [3.63, 3.8) is 0 Å². The number of nitrogens with zero attached hydrogens (tertiary/aromatic N) is 3. The molecule has 0 saturated carbocycles. The van der Waals surface area contributed by atoms with Crippen LogP contribution in [0.2, 0.25) is 5.02 Å². The number of carbonyl (C=O) groups is 2. The second-order valence-electron chi connectivity index (χ2n) is 6.63. The Morgan fingerprint density at radius 3 is 2.31 bits per heavy atom. The molecule has 2 heterocycles. The smallest absolute Gasteiger partial charge is 0.277 e. The van der Waals surface area contributed by atoms with Crippen LogP contribution in [0.3, 0.4) is 0 Å². The molecule has 2 aliphatic heterocycles. The fourth-order valence-corrected chi connectivity index (χ4v) is 3.46. The Labute approximate surface area is 158 Å². The second kappa shape index (κ2) is 8.20. The summed E-state index contributed by atoms with van der Waals surface area (Å²) in [4.78, 5) is 31.7. The molecule has 0 N–H and O–H groups in total. The third-order valence-electron chi connectivity index (χ3n) is 4.83. The number of methoxy groups -OCH3 is 1. The Balaban J connectivity index is 1.95. The Kier molecular flexibility index (Phi) is 5.96. The number of ether oxygens (including phenoxy) is 1. The van der Waals surface area contributed by atoms with Gasteiger partial charge in [0, 0.05) is 51.5 Å². The topological polar surface area (TPSA) is 53.1 Å². The molecule has 0 radical (unpaired) electrons. The van der Waals surface area contributed by atoms with E-state index in [1.807, 2.05) is 4.90 Å². The summed E-state index contributed by atoms with van der Waals surface area (Å²) in [5.74, 6) is -0.442. The molecule has 26 heavy (non-hydrogen) atoms. The van der Waals surface area contributed by atoms with Crippen LogP contribution in [-0.4, -0.2) is 80.0 Å². The first-order valence-corrected chi connectivity index (χ1v) is 9.19. The van der Waals surface area contributed by atoms with E-state index in [2.05, 4.69) is 11.9 Å². The van der Waals surface area contributed by atoms with E-state index < -0.39 is 0 Å². The molecule has 0 aliphatic carbocycles. The van der Waals surface area contributed by atoms with Gasteiger partial charge in [-0.3, -0.25) is 14.5 Å². The molecule has 2 aliphatic rings. The summed E-state index contributed by atoms with van der Waals surface area (Å²) in [7, 11) is 3.67. The number of hydrogen-bond acceptors (Lipinski definition) is 5. The molecule has 0 aromatic heterocycles. The van der Waals surface area contributed by atoms with Crippen LogP contribution in [0.1, 0.15) is 12.0 Å². The van der Waals surface area contributed by atoms with Crippen molar-refractivity contribution in [1.82, 2.24) is 14.7 Å². The summed E-state index contributed by atoms with van der Waals surface area (Å²) in [5, 5.41) is 0.601. The maximum atomic E-state index is 13.1. The van der Waals surface area contributed by atoms with Crippen LogP contribution >= 0.6 is 11.6 Å². The zero-order chi connectivity index (χ0) is 18.7. The first-order chi connectivity index (χ1) is 12.5. The lowest BCUT2D eigenvalue weighted by atomic mass is 10.0. The summed E-state index contributed by atoms with van der Waals surface area (Å²) in [6, 6.07) is 7.10. The van der Waals surface area contributed by atoms with Crippen LogP contribution < -0.4 is 0 Å². The first-order valence-electron chi connectivity index (χ1n) is 8.81. The van der Waals surface area contributed by atoms with Gasteiger partial charge in [0.25, 0.3) is 11.8 Å². The van der Waals surface area contributed by atoms with Crippen LogP contribution in [-0.2, 0) is 14.3 Å². The number of imide groups is 1. The fraction of sp³-hybridized carbons (Fsp3) is 0.474. The molecule has 7 heteroatoms. The van der Waals surface area contributed by atoms with Crippen molar-refractivity contribution in [2.45, 2.75) is 6.42 Å². The molecular weight excluding hydrogens is 354 g/mol. The summed E-state index contributed by atoms with van der Waals surface area (Å²) >= 11 is 5.99. The Hall–Kier alpha value is -1.89. The van der Waals surface area contributed by atoms with Crippen molar-refractivity contribution in [3.05, 3.63) is 40.5 Å². The number of rotatable bonds is 6. The SMILES string of the molecule is COCCCN1C(=O)C(c2ccc(Cl)cc2)=C(N2CCN(C)CC2)C1=O. The van der Waals surface area contributed by atoms with Crippen molar-refractivity contribution in [2.75, 3.05) is 53.5 Å². The van der Waals surface area contributed by atoms with Gasteiger partial charge in [-0.05, 0) is 31.2 Å². The molecule has 0 bridgehead atoms. The van der Waals surface area contributed by atoms with Gasteiger partial charge in [0.1, 0.15) is 5.70 Å². The van der Waals surface area contributed by atoms with Crippen molar-refractivity contribution >= 4 is 29.0 Å². The third-order valence-corrected chi connectivity index (χ3v) is 5.08. The van der Waals surface area contributed by atoms with Gasteiger partial charge in [0.15, 0.2) is 0 Å². The molecule has 1 saturated heterocycles. The molecule has 6 nitrogen and oxygen atoms in total. The highest BCUT2D eigenvalue weighted by Crippen LogP contribution is 2.32. The number of piperazine rings is 1. The Bertz CT molecular complexity index is 709. The molecule has 140 valence electrons. The van der Waals surface area contributed by atoms with Crippen molar-refractivity contribution in [2.24, 2.45) is 0 Å². The minimum Gasteiger partial charge on any atom is -0.385 e. The first kappa shape index (κ1) is 18.9. The quantitative estimate of drug-likeness (QED) is 0.558. The second-order valence-corrected chi connectivity index (χ2v) is 7.07. The average molecular weight is 378 g/mol. The van der Waals surface area contributed by atoms with E-state index in [0.717, 1.165) is 31.7 Å². The zero-order valence-electron chi connectivity index (χ0n) is 15.2. The highest BCUT2D eigenvalue weighted by molar-refractivity contribution is 6.36. The largest absolute Gasteiger partial charge is 0.385 e. The lowest BCUT2D eigenvalue weighted by molar-refractivity contribution is -0.137. The number of amides is 2. The lowest BCUT2D eigenvalue weighted by Gasteiger charge is -2.34. The van der Waals surface area contributed by atoms with Gasteiger partial charge in [-0.2, -0.15) is 0 Å². The van der Waals surface area contributed by atoms with Crippen LogP contribution in [0.5, 0.6) is 0 Å². The predicted molar refractivity (Wildman–Crippen MR) is 101 cm³/mol. The van der Waals surface area contributed by atoms with Crippen molar-refractivity contribution in [3.8, 4) is 0 Å². The summed E-state index contributed by atoms with van der Waals surface area (Å²) in [6.45, 7) is 4.06. The Morgan fingerprint density at radius 1 is 1.04 bits per heavy atom. The fourth-order valence-electron chi connectivity index (χ4n) is 3.33. The van der Waals surface area contributed by atoms with Crippen molar-refractivity contribution < 1.29 is 14.3 Å². The van der Waals surface area contributed by atoms with Gasteiger partial charge in [0.05, 0.1) is 5.57 Å². The van der Waals surface area contributed by atoms with Gasteiger partial charge >= 0.3 is 0 Å². The molecular formula is C19H24ClN3O3. The summed E-state index contributed by atoms with van der Waals surface area (Å²) < 4.78 is 5.06. The molecule has 1 fully saturated rings. The van der Waals surface area contributed by atoms with Gasteiger partial charge in [0.2, 0.25) is 0 Å². The molecule has 0 unspecified atom stereocenters. The molecule has 1 aromatic carbocycles. The van der Waals surface area contributed by atoms with Gasteiger partial charge in [-0.25, -0.2) is 0 Å². The number of halogens is 1. The monoisotopic (exact) mass is 377 g/mol. The minimum absolute atomic E-state index is 0.208. The van der Waals surface area contributed by atoms with Crippen LogP contribution in [0.4, 0.5) is 0 Å². The average Bonchev–Trinajstić information content (AvgIpc) is 2.88. The van der Waals surface area contributed by atoms with E-state index in [-0.39, 0.29) is 11.8 Å². The number of likely N-dealkylation sites (N-methyl/N-ethyl adjacent to an activating group) is 1. The molecule has 2 amide bonds. The standard InChI is InChI=1S/C19H24ClN3O3/c1-21-9-11-22(12-10-21)17-16(14-4-6-15(20)7-5-14)18(24)23(19(17)25)8-3-13-26-2/h4-7H,3,8-13H2,1-2H3. The van der Waals surface area contributed by atoms with Crippen molar-refractivity contribution in [1.29, 1.82) is 0 Å². The predicted octanol–water partition coefficient (Wildman–Crippen LogP) is 1.70. The molecule has 1 aromatic rings. The number of carbonyl (C=O) groups excluding carboxylic acids is 2. The van der Waals surface area contributed by atoms with E-state index in [1.54, 1.807) is 31.4 Å². The van der Waals surface area contributed by atoms with Gasteiger partial charge in [-0.15, -0.1) is 0 Å². The highest BCUT2D eigenvalue weighted by atomic mass is 35.5. The van der Waals surface area contributed by atoms with Crippen LogP contribution in [0.25, 0.3) is 5.57 Å². The molecule has 3 rings (SSSR count). The van der Waals surface area contributed by atoms with E-state index in [0.29, 0.717) is 35.9 Å². The van der Waals surface area contributed by atoms with Crippen LogP contribution in [0.15, 0.2) is 30.0 Å². The maximum Gasteiger partial charge on any atom is 0.277 e. The lowest BCUT2D eigenvalue weighted by Crippen LogP contribution is -2.46. The zero-order valence-corrected chi connectivity index (χ0v) is 16.0. The maximum absolute atomic E-state index is 13.1. The summed E-state index contributed by atoms with van der Waals surface area (Å²) in [6.07, 6.45) is 0.623. The number of hydrogen-bond donors (Lipinski definition) is 0.